The van der Waals surface area contributed by atoms with E-state index in [2.05, 4.69) is 10.0 Å². The van der Waals surface area contributed by atoms with Crippen LogP contribution in [-0.4, -0.2) is 14.3 Å². The third-order valence-electron chi connectivity index (χ3n) is 4.18. The monoisotopic (exact) mass is 434 g/mol. The fourth-order valence-electron chi connectivity index (χ4n) is 2.71. The molecule has 0 aliphatic rings. The van der Waals surface area contributed by atoms with E-state index in [1.165, 1.54) is 36.4 Å². The predicted octanol–water partition coefficient (Wildman–Crippen LogP) is 4.44. The third-order valence-corrected chi connectivity index (χ3v) is 5.56. The Morgan fingerprint density at radius 3 is 2.23 bits per heavy atom. The number of benzene rings is 3. The van der Waals surface area contributed by atoms with Crippen molar-refractivity contribution in [3.05, 3.63) is 95.6 Å². The summed E-state index contributed by atoms with van der Waals surface area (Å²) in [6.45, 7) is -0.150. The first-order chi connectivity index (χ1) is 14.2. The molecule has 0 aromatic heterocycles. The summed E-state index contributed by atoms with van der Waals surface area (Å²) in [5.41, 5.74) is -0.447. The van der Waals surface area contributed by atoms with Gasteiger partial charge in [-0.2, -0.15) is 13.2 Å². The Kier molecular flexibility index (Phi) is 6.12. The van der Waals surface area contributed by atoms with Gasteiger partial charge in [0.05, 0.1) is 21.7 Å². The number of alkyl halides is 3. The van der Waals surface area contributed by atoms with Crippen molar-refractivity contribution in [2.24, 2.45) is 0 Å². The second kappa shape index (κ2) is 8.58. The second-order valence-corrected chi connectivity index (χ2v) is 8.03. The lowest BCUT2D eigenvalue weighted by molar-refractivity contribution is -0.137. The van der Waals surface area contributed by atoms with E-state index in [0.29, 0.717) is 0 Å². The fourth-order valence-corrected chi connectivity index (χ4v) is 3.81. The maximum Gasteiger partial charge on any atom is 0.416 e. The van der Waals surface area contributed by atoms with Gasteiger partial charge in [0.2, 0.25) is 0 Å². The summed E-state index contributed by atoms with van der Waals surface area (Å²) < 4.78 is 65.9. The Labute approximate surface area is 171 Å². The van der Waals surface area contributed by atoms with Crippen LogP contribution < -0.4 is 10.0 Å². The standard InChI is InChI=1S/C21H17F3N2O3S/c22-21(23,24)16-8-6-7-15(13-16)14-25-20(27)18-11-4-5-12-19(18)26-30(28,29)17-9-2-1-3-10-17/h1-13,26H,14H2,(H,25,27). The summed E-state index contributed by atoms with van der Waals surface area (Å²) >= 11 is 0. The Morgan fingerprint density at radius 2 is 1.53 bits per heavy atom. The van der Waals surface area contributed by atoms with Crippen molar-refractivity contribution in [2.45, 2.75) is 17.6 Å². The predicted molar refractivity (Wildman–Crippen MR) is 106 cm³/mol. The van der Waals surface area contributed by atoms with Gasteiger partial charge in [0.1, 0.15) is 0 Å². The molecule has 0 unspecified atom stereocenters. The van der Waals surface area contributed by atoms with Crippen LogP contribution in [0.5, 0.6) is 0 Å². The molecule has 2 N–H and O–H groups in total. The van der Waals surface area contributed by atoms with E-state index in [0.717, 1.165) is 12.1 Å². The van der Waals surface area contributed by atoms with Crippen LogP contribution >= 0.6 is 0 Å². The minimum absolute atomic E-state index is 0.0316. The van der Waals surface area contributed by atoms with Crippen molar-refractivity contribution in [2.75, 3.05) is 4.72 Å². The number of rotatable bonds is 6. The van der Waals surface area contributed by atoms with Gasteiger partial charge in [0.15, 0.2) is 0 Å². The molecule has 0 spiro atoms. The molecule has 0 aliphatic heterocycles. The average Bonchev–Trinajstić information content (AvgIpc) is 2.72. The molecule has 0 radical (unpaired) electrons. The maximum absolute atomic E-state index is 12.8. The molecule has 0 atom stereocenters. The zero-order valence-electron chi connectivity index (χ0n) is 15.5. The summed E-state index contributed by atoms with van der Waals surface area (Å²) in [6, 6.07) is 18.2. The van der Waals surface area contributed by atoms with E-state index in [-0.39, 0.29) is 28.3 Å². The van der Waals surface area contributed by atoms with Crippen LogP contribution in [0.15, 0.2) is 83.8 Å². The number of amides is 1. The number of nitrogens with one attached hydrogen (secondary N) is 2. The van der Waals surface area contributed by atoms with E-state index in [4.69, 9.17) is 0 Å². The van der Waals surface area contributed by atoms with E-state index < -0.39 is 27.7 Å². The number of carbonyl (C=O) groups is 1. The highest BCUT2D eigenvalue weighted by molar-refractivity contribution is 7.92. The Bertz CT molecular complexity index is 1150. The van der Waals surface area contributed by atoms with Gasteiger partial charge in [-0.05, 0) is 42.0 Å². The van der Waals surface area contributed by atoms with Gasteiger partial charge in [-0.15, -0.1) is 0 Å². The molecule has 0 aliphatic carbocycles. The molecule has 156 valence electrons. The summed E-state index contributed by atoms with van der Waals surface area (Å²) in [5.74, 6) is -0.626. The quantitative estimate of drug-likeness (QED) is 0.603. The van der Waals surface area contributed by atoms with Gasteiger partial charge in [-0.3, -0.25) is 9.52 Å². The van der Waals surface area contributed by atoms with Gasteiger partial charge < -0.3 is 5.32 Å². The van der Waals surface area contributed by atoms with Crippen LogP contribution in [0.1, 0.15) is 21.5 Å². The molecular weight excluding hydrogens is 417 g/mol. The summed E-state index contributed by atoms with van der Waals surface area (Å²) in [7, 11) is -3.91. The molecule has 3 aromatic rings. The number of hydrogen-bond donors (Lipinski definition) is 2. The van der Waals surface area contributed by atoms with Crippen molar-refractivity contribution in [3.8, 4) is 0 Å². The highest BCUT2D eigenvalue weighted by atomic mass is 32.2. The highest BCUT2D eigenvalue weighted by Crippen LogP contribution is 2.29. The Balaban J connectivity index is 1.77. The molecule has 3 rings (SSSR count). The van der Waals surface area contributed by atoms with Crippen LogP contribution in [0, 0.1) is 0 Å². The number of para-hydroxylation sites is 1. The van der Waals surface area contributed by atoms with Crippen LogP contribution in [0.4, 0.5) is 18.9 Å². The van der Waals surface area contributed by atoms with Gasteiger partial charge >= 0.3 is 6.18 Å². The SMILES string of the molecule is O=C(NCc1cccc(C(F)(F)F)c1)c1ccccc1NS(=O)(=O)c1ccccc1. The normalized spacial score (nSPS) is 11.7. The van der Waals surface area contributed by atoms with Crippen molar-refractivity contribution in [1.82, 2.24) is 5.32 Å². The highest BCUT2D eigenvalue weighted by Gasteiger charge is 2.30. The van der Waals surface area contributed by atoms with E-state index >= 15 is 0 Å². The number of halogens is 3. The molecule has 0 heterocycles. The van der Waals surface area contributed by atoms with Crippen LogP contribution in [0.2, 0.25) is 0 Å². The zero-order chi connectivity index (χ0) is 21.8. The van der Waals surface area contributed by atoms with E-state index in [1.54, 1.807) is 30.3 Å². The largest absolute Gasteiger partial charge is 0.416 e. The molecule has 0 saturated carbocycles. The molecular formula is C21H17F3N2O3S. The topological polar surface area (TPSA) is 75.3 Å². The lowest BCUT2D eigenvalue weighted by atomic mass is 10.1. The van der Waals surface area contributed by atoms with E-state index in [1.807, 2.05) is 0 Å². The van der Waals surface area contributed by atoms with Crippen LogP contribution in [0.25, 0.3) is 0 Å². The molecule has 0 saturated heterocycles. The average molecular weight is 434 g/mol. The van der Waals surface area contributed by atoms with E-state index in [9.17, 15) is 26.4 Å². The Morgan fingerprint density at radius 1 is 0.867 bits per heavy atom. The third kappa shape index (κ3) is 5.18. The van der Waals surface area contributed by atoms with Crippen LogP contribution in [0.3, 0.4) is 0 Å². The summed E-state index contributed by atoms with van der Waals surface area (Å²) in [5, 5.41) is 2.52. The number of sulfonamides is 1. The molecule has 3 aromatic carbocycles. The number of carbonyl (C=O) groups excluding carboxylic acids is 1. The summed E-state index contributed by atoms with van der Waals surface area (Å²) in [4.78, 5) is 12.6. The molecule has 1 amide bonds. The first kappa shape index (κ1) is 21.4. The van der Waals surface area contributed by atoms with Crippen LogP contribution in [-0.2, 0) is 22.7 Å². The molecule has 0 fully saturated rings. The fraction of sp³-hybridized carbons (Fsp3) is 0.0952. The minimum atomic E-state index is -4.48. The molecule has 30 heavy (non-hydrogen) atoms. The first-order valence-electron chi connectivity index (χ1n) is 8.78. The van der Waals surface area contributed by atoms with Gasteiger partial charge in [0, 0.05) is 6.54 Å². The minimum Gasteiger partial charge on any atom is -0.348 e. The molecule has 5 nitrogen and oxygen atoms in total. The van der Waals surface area contributed by atoms with Crippen molar-refractivity contribution >= 4 is 21.6 Å². The lowest BCUT2D eigenvalue weighted by Crippen LogP contribution is -2.25. The van der Waals surface area contributed by atoms with Crippen molar-refractivity contribution in [3.63, 3.8) is 0 Å². The number of hydrogen-bond acceptors (Lipinski definition) is 3. The van der Waals surface area contributed by atoms with Gasteiger partial charge in [-0.1, -0.05) is 42.5 Å². The number of anilines is 1. The molecule has 0 bridgehead atoms. The first-order valence-corrected chi connectivity index (χ1v) is 10.3. The maximum atomic E-state index is 12.8. The zero-order valence-corrected chi connectivity index (χ0v) is 16.3. The lowest BCUT2D eigenvalue weighted by Gasteiger charge is -2.13. The Hall–Kier alpha value is -3.33. The van der Waals surface area contributed by atoms with Crippen molar-refractivity contribution < 1.29 is 26.4 Å². The van der Waals surface area contributed by atoms with Crippen molar-refractivity contribution in [1.29, 1.82) is 0 Å². The molecule has 9 heteroatoms. The van der Waals surface area contributed by atoms with Gasteiger partial charge in [-0.25, -0.2) is 8.42 Å². The van der Waals surface area contributed by atoms with Gasteiger partial charge in [0.25, 0.3) is 15.9 Å². The summed E-state index contributed by atoms with van der Waals surface area (Å²) in [6.07, 6.45) is -4.48. The smallest absolute Gasteiger partial charge is 0.348 e. The second-order valence-electron chi connectivity index (χ2n) is 6.34.